The third-order valence-corrected chi connectivity index (χ3v) is 5.26. The van der Waals surface area contributed by atoms with Crippen molar-refractivity contribution in [3.05, 3.63) is 23.8 Å². The molecule has 2 aliphatic heterocycles. The average Bonchev–Trinajstić information content (AvgIpc) is 3.48. The Bertz CT molecular complexity index is 624. The zero-order valence-corrected chi connectivity index (χ0v) is 14.4. The van der Waals surface area contributed by atoms with Gasteiger partial charge in [0.15, 0.2) is 11.5 Å². The first-order chi connectivity index (χ1) is 12.2. The molecule has 6 heteroatoms. The normalized spacial score (nSPS) is 22.4. The van der Waals surface area contributed by atoms with Crippen LogP contribution in [0.1, 0.15) is 37.4 Å². The second-order valence-electron chi connectivity index (χ2n) is 7.28. The van der Waals surface area contributed by atoms with Gasteiger partial charge in [0.2, 0.25) is 5.91 Å². The van der Waals surface area contributed by atoms with Crippen LogP contribution in [-0.4, -0.2) is 54.8 Å². The second-order valence-corrected chi connectivity index (χ2v) is 7.28. The summed E-state index contributed by atoms with van der Waals surface area (Å²) >= 11 is 0. The number of fused-ring (bicyclic) bond motifs is 1. The molecule has 25 heavy (non-hydrogen) atoms. The fraction of sp³-hybridized carbons (Fsp3) is 0.632. The van der Waals surface area contributed by atoms with Gasteiger partial charge in [-0.15, -0.1) is 0 Å². The van der Waals surface area contributed by atoms with E-state index in [0.29, 0.717) is 25.5 Å². The lowest BCUT2D eigenvalue weighted by Gasteiger charge is -2.33. The number of nitrogens with zero attached hydrogens (tertiary/aromatic N) is 1. The Balaban J connectivity index is 1.27. The molecule has 6 nitrogen and oxygen atoms in total. The molecule has 1 atom stereocenters. The first-order valence-electron chi connectivity index (χ1n) is 9.29. The van der Waals surface area contributed by atoms with E-state index in [0.717, 1.165) is 50.1 Å². The van der Waals surface area contributed by atoms with Crippen LogP contribution in [0.15, 0.2) is 18.2 Å². The van der Waals surface area contributed by atoms with Gasteiger partial charge in [-0.3, -0.25) is 4.79 Å². The number of benzene rings is 1. The van der Waals surface area contributed by atoms with Crippen LogP contribution in [0.25, 0.3) is 0 Å². The highest BCUT2D eigenvalue weighted by Crippen LogP contribution is 2.33. The summed E-state index contributed by atoms with van der Waals surface area (Å²) < 4.78 is 11.1. The fourth-order valence-corrected chi connectivity index (χ4v) is 3.54. The molecule has 1 aromatic carbocycles. The van der Waals surface area contributed by atoms with Gasteiger partial charge in [-0.05, 0) is 43.4 Å². The maximum Gasteiger partial charge on any atom is 0.223 e. The number of hydrogen-bond donors (Lipinski definition) is 2. The predicted octanol–water partition coefficient (Wildman–Crippen LogP) is 1.48. The van der Waals surface area contributed by atoms with Crippen molar-refractivity contribution in [3.63, 3.8) is 0 Å². The molecule has 1 aliphatic carbocycles. The van der Waals surface area contributed by atoms with E-state index in [1.807, 2.05) is 18.2 Å². The van der Waals surface area contributed by atoms with E-state index in [2.05, 4.69) is 10.2 Å². The minimum atomic E-state index is -0.548. The van der Waals surface area contributed by atoms with Crippen molar-refractivity contribution in [2.75, 3.05) is 32.8 Å². The van der Waals surface area contributed by atoms with Gasteiger partial charge in [0.1, 0.15) is 13.2 Å². The van der Waals surface area contributed by atoms with Crippen LogP contribution in [0.5, 0.6) is 11.5 Å². The van der Waals surface area contributed by atoms with Crippen LogP contribution >= 0.6 is 0 Å². The largest absolute Gasteiger partial charge is 0.486 e. The average molecular weight is 346 g/mol. The molecule has 0 aromatic heterocycles. The van der Waals surface area contributed by atoms with Crippen LogP contribution in [0.3, 0.4) is 0 Å². The molecule has 136 valence electrons. The van der Waals surface area contributed by atoms with Gasteiger partial charge in [0.25, 0.3) is 0 Å². The minimum absolute atomic E-state index is 0.231. The number of carbonyl (C=O) groups is 1. The summed E-state index contributed by atoms with van der Waals surface area (Å²) in [7, 11) is 0. The molecule has 0 spiro atoms. The molecule has 0 unspecified atom stereocenters. The molecular weight excluding hydrogens is 320 g/mol. The van der Waals surface area contributed by atoms with E-state index < -0.39 is 6.10 Å². The summed E-state index contributed by atoms with van der Waals surface area (Å²) in [6, 6.07) is 5.94. The molecule has 4 rings (SSSR count). The van der Waals surface area contributed by atoms with E-state index in [1.54, 1.807) is 0 Å². The molecular formula is C19H26N2O4. The molecule has 2 fully saturated rings. The lowest BCUT2D eigenvalue weighted by molar-refractivity contribution is -0.123. The number of amides is 1. The molecule has 1 aromatic rings. The number of likely N-dealkylation sites (tertiary alicyclic amines) is 1. The number of carbonyl (C=O) groups excluding carboxylic acids is 1. The molecule has 2 N–H and O–H groups in total. The molecule has 0 radical (unpaired) electrons. The summed E-state index contributed by atoms with van der Waals surface area (Å²) in [5.74, 6) is 1.96. The maximum atomic E-state index is 11.8. The van der Waals surface area contributed by atoms with E-state index in [1.165, 1.54) is 0 Å². The highest BCUT2D eigenvalue weighted by atomic mass is 16.6. The maximum absolute atomic E-state index is 11.8. The molecule has 0 bridgehead atoms. The number of hydrogen-bond acceptors (Lipinski definition) is 5. The van der Waals surface area contributed by atoms with Crippen LogP contribution in [0.4, 0.5) is 0 Å². The van der Waals surface area contributed by atoms with Crippen LogP contribution < -0.4 is 14.8 Å². The quantitative estimate of drug-likeness (QED) is 0.845. The van der Waals surface area contributed by atoms with Crippen molar-refractivity contribution in [2.45, 2.75) is 37.8 Å². The zero-order valence-electron chi connectivity index (χ0n) is 14.4. The van der Waals surface area contributed by atoms with E-state index in [4.69, 9.17) is 9.47 Å². The third-order valence-electron chi connectivity index (χ3n) is 5.26. The summed E-state index contributed by atoms with van der Waals surface area (Å²) in [6.07, 6.45) is 3.45. The standard InChI is InChI=1S/C19H26N2O4/c22-16(14-3-4-17-18(11-14)25-10-9-24-17)12-21-7-5-15(6-8-21)20-19(23)13-1-2-13/h3-4,11,13,15-16,22H,1-2,5-10,12H2,(H,20,23)/t16-/m0/s1. The van der Waals surface area contributed by atoms with E-state index in [-0.39, 0.29) is 17.9 Å². The molecule has 1 saturated carbocycles. The van der Waals surface area contributed by atoms with Gasteiger partial charge >= 0.3 is 0 Å². The lowest BCUT2D eigenvalue weighted by atomic mass is 10.0. The Labute approximate surface area is 148 Å². The van der Waals surface area contributed by atoms with Gasteiger partial charge in [0.05, 0.1) is 6.10 Å². The Kier molecular flexibility index (Phi) is 4.81. The highest BCUT2D eigenvalue weighted by Gasteiger charge is 2.32. The van der Waals surface area contributed by atoms with Gasteiger partial charge < -0.3 is 24.8 Å². The fourth-order valence-electron chi connectivity index (χ4n) is 3.54. The van der Waals surface area contributed by atoms with Crippen molar-refractivity contribution < 1.29 is 19.4 Å². The predicted molar refractivity (Wildman–Crippen MR) is 92.7 cm³/mol. The Morgan fingerprint density at radius 1 is 1.16 bits per heavy atom. The molecule has 2 heterocycles. The number of rotatable bonds is 5. The number of aliphatic hydroxyl groups is 1. The minimum Gasteiger partial charge on any atom is -0.486 e. The SMILES string of the molecule is O=C(NC1CCN(C[C@H](O)c2ccc3c(c2)OCCO3)CC1)C1CC1. The number of piperidine rings is 1. The monoisotopic (exact) mass is 346 g/mol. The number of aliphatic hydroxyl groups excluding tert-OH is 1. The van der Waals surface area contributed by atoms with Crippen LogP contribution in [0, 0.1) is 5.92 Å². The first-order valence-corrected chi connectivity index (χ1v) is 9.29. The Hall–Kier alpha value is -1.79. The van der Waals surface area contributed by atoms with E-state index >= 15 is 0 Å². The Morgan fingerprint density at radius 3 is 2.60 bits per heavy atom. The number of β-amino-alcohol motifs (C(OH)–C–C–N with tert-alkyl or cyclic N) is 1. The first kappa shape index (κ1) is 16.7. The Morgan fingerprint density at radius 2 is 1.88 bits per heavy atom. The van der Waals surface area contributed by atoms with Gasteiger partial charge in [-0.1, -0.05) is 6.07 Å². The zero-order chi connectivity index (χ0) is 17.2. The summed E-state index contributed by atoms with van der Waals surface area (Å²) in [4.78, 5) is 14.1. The van der Waals surface area contributed by atoms with Crippen molar-refractivity contribution in [1.82, 2.24) is 10.2 Å². The molecule has 3 aliphatic rings. The third kappa shape index (κ3) is 4.07. The molecule has 1 amide bonds. The highest BCUT2D eigenvalue weighted by molar-refractivity contribution is 5.81. The van der Waals surface area contributed by atoms with Crippen molar-refractivity contribution in [2.24, 2.45) is 5.92 Å². The van der Waals surface area contributed by atoms with Gasteiger partial charge in [-0.25, -0.2) is 0 Å². The topological polar surface area (TPSA) is 71.0 Å². The van der Waals surface area contributed by atoms with E-state index in [9.17, 15) is 9.90 Å². The smallest absolute Gasteiger partial charge is 0.223 e. The second kappa shape index (κ2) is 7.22. The summed E-state index contributed by atoms with van der Waals surface area (Å²) in [5.41, 5.74) is 0.855. The van der Waals surface area contributed by atoms with Crippen LogP contribution in [0.2, 0.25) is 0 Å². The van der Waals surface area contributed by atoms with Gasteiger partial charge in [-0.2, -0.15) is 0 Å². The van der Waals surface area contributed by atoms with Crippen molar-refractivity contribution in [1.29, 1.82) is 0 Å². The van der Waals surface area contributed by atoms with Crippen LogP contribution in [-0.2, 0) is 4.79 Å². The van der Waals surface area contributed by atoms with Crippen molar-refractivity contribution >= 4 is 5.91 Å². The summed E-state index contributed by atoms with van der Waals surface area (Å²) in [6.45, 7) is 3.52. The number of nitrogens with one attached hydrogen (secondary N) is 1. The lowest BCUT2D eigenvalue weighted by Crippen LogP contribution is -2.46. The van der Waals surface area contributed by atoms with Crippen molar-refractivity contribution in [3.8, 4) is 11.5 Å². The van der Waals surface area contributed by atoms with Gasteiger partial charge in [0, 0.05) is 31.6 Å². The summed E-state index contributed by atoms with van der Waals surface area (Å²) in [5, 5.41) is 13.7. The molecule has 1 saturated heterocycles. The number of ether oxygens (including phenoxy) is 2.